The number of hydrogen-bond donors (Lipinski definition) is 1. The van der Waals surface area contributed by atoms with E-state index in [9.17, 15) is 4.79 Å². The summed E-state index contributed by atoms with van der Waals surface area (Å²) in [6, 6.07) is 4.64. The van der Waals surface area contributed by atoms with E-state index in [1.807, 2.05) is 17.8 Å². The van der Waals surface area contributed by atoms with E-state index in [1.54, 1.807) is 18.3 Å². The van der Waals surface area contributed by atoms with E-state index < -0.39 is 5.97 Å². The molecule has 0 saturated heterocycles. The van der Waals surface area contributed by atoms with Crippen LogP contribution in [0.25, 0.3) is 0 Å². The van der Waals surface area contributed by atoms with Crippen molar-refractivity contribution in [2.45, 2.75) is 6.42 Å². The van der Waals surface area contributed by atoms with Crippen molar-refractivity contribution in [3.63, 3.8) is 0 Å². The first kappa shape index (κ1) is 13.4. The standard InChI is InChI=1S/C13H13ClN2O3/c1-16-7-6-15-11(16)5-8-19-12-9(13(17)18)3-2-4-10(12)14/h2-4,6-7H,5,8H2,1H3,(H,17,18). The van der Waals surface area contributed by atoms with Gasteiger partial charge in [-0.05, 0) is 12.1 Å². The van der Waals surface area contributed by atoms with Crippen molar-refractivity contribution < 1.29 is 14.6 Å². The van der Waals surface area contributed by atoms with E-state index in [0.29, 0.717) is 18.1 Å². The van der Waals surface area contributed by atoms with Crippen molar-refractivity contribution >= 4 is 17.6 Å². The Kier molecular flexibility index (Phi) is 4.06. The Bertz CT molecular complexity index is 595. The maximum atomic E-state index is 11.1. The van der Waals surface area contributed by atoms with Gasteiger partial charge in [0.1, 0.15) is 11.4 Å². The molecule has 0 bridgehead atoms. The minimum absolute atomic E-state index is 0.0624. The molecular weight excluding hydrogens is 268 g/mol. The van der Waals surface area contributed by atoms with E-state index in [0.717, 1.165) is 5.82 Å². The number of carboxylic acid groups (broad SMARTS) is 1. The number of aromatic nitrogens is 2. The van der Waals surface area contributed by atoms with Crippen LogP contribution in [0.5, 0.6) is 5.75 Å². The number of aromatic carboxylic acids is 1. The first-order chi connectivity index (χ1) is 9.09. The number of rotatable bonds is 5. The quantitative estimate of drug-likeness (QED) is 0.913. The van der Waals surface area contributed by atoms with Crippen molar-refractivity contribution in [1.82, 2.24) is 9.55 Å². The van der Waals surface area contributed by atoms with Gasteiger partial charge < -0.3 is 14.4 Å². The van der Waals surface area contributed by atoms with Crippen molar-refractivity contribution in [2.24, 2.45) is 7.05 Å². The molecule has 1 aromatic carbocycles. The molecule has 0 atom stereocenters. The monoisotopic (exact) mass is 280 g/mol. The van der Waals surface area contributed by atoms with Crippen LogP contribution in [0, 0.1) is 0 Å². The van der Waals surface area contributed by atoms with Gasteiger partial charge in [0.2, 0.25) is 0 Å². The summed E-state index contributed by atoms with van der Waals surface area (Å²) in [7, 11) is 1.89. The number of carboxylic acids is 1. The highest BCUT2D eigenvalue weighted by molar-refractivity contribution is 6.32. The zero-order valence-corrected chi connectivity index (χ0v) is 11.1. The van der Waals surface area contributed by atoms with E-state index in [4.69, 9.17) is 21.4 Å². The van der Waals surface area contributed by atoms with Gasteiger partial charge >= 0.3 is 5.97 Å². The summed E-state index contributed by atoms with van der Waals surface area (Å²) in [6.07, 6.45) is 4.12. The first-order valence-corrected chi connectivity index (χ1v) is 6.08. The number of carbonyl (C=O) groups is 1. The summed E-state index contributed by atoms with van der Waals surface area (Å²) in [5, 5.41) is 9.35. The Morgan fingerprint density at radius 2 is 2.32 bits per heavy atom. The summed E-state index contributed by atoms with van der Waals surface area (Å²) >= 11 is 5.96. The third-order valence-corrected chi connectivity index (χ3v) is 2.99. The molecular formula is C13H13ClN2O3. The highest BCUT2D eigenvalue weighted by Crippen LogP contribution is 2.28. The Balaban J connectivity index is 2.07. The van der Waals surface area contributed by atoms with E-state index in [1.165, 1.54) is 6.07 Å². The average Bonchev–Trinajstić information content (AvgIpc) is 2.77. The lowest BCUT2D eigenvalue weighted by molar-refractivity contribution is 0.0692. The highest BCUT2D eigenvalue weighted by atomic mass is 35.5. The molecule has 6 heteroatoms. The molecule has 1 N–H and O–H groups in total. The first-order valence-electron chi connectivity index (χ1n) is 5.70. The SMILES string of the molecule is Cn1ccnc1CCOc1c(Cl)cccc1C(=O)O. The van der Waals surface area contributed by atoms with Crippen molar-refractivity contribution in [2.75, 3.05) is 6.61 Å². The highest BCUT2D eigenvalue weighted by Gasteiger charge is 2.14. The Hall–Kier alpha value is -2.01. The number of hydrogen-bond acceptors (Lipinski definition) is 3. The van der Waals surface area contributed by atoms with Gasteiger partial charge in [0.15, 0.2) is 5.75 Å². The summed E-state index contributed by atoms with van der Waals surface area (Å²) in [6.45, 7) is 0.314. The molecule has 100 valence electrons. The van der Waals surface area contributed by atoms with Crippen LogP contribution in [0.2, 0.25) is 5.02 Å². The van der Waals surface area contributed by atoms with Crippen LogP contribution in [-0.2, 0) is 13.5 Å². The number of benzene rings is 1. The van der Waals surface area contributed by atoms with Gasteiger partial charge in [0, 0.05) is 25.9 Å². The van der Waals surface area contributed by atoms with Gasteiger partial charge in [-0.1, -0.05) is 17.7 Å². The van der Waals surface area contributed by atoms with Crippen LogP contribution in [0.15, 0.2) is 30.6 Å². The van der Waals surface area contributed by atoms with Gasteiger partial charge in [-0.2, -0.15) is 0 Å². The van der Waals surface area contributed by atoms with Crippen LogP contribution in [0.4, 0.5) is 0 Å². The van der Waals surface area contributed by atoms with E-state index in [-0.39, 0.29) is 11.3 Å². The second-order valence-corrected chi connectivity index (χ2v) is 4.38. The maximum Gasteiger partial charge on any atom is 0.339 e. The smallest absolute Gasteiger partial charge is 0.339 e. The van der Waals surface area contributed by atoms with Crippen LogP contribution >= 0.6 is 11.6 Å². The minimum Gasteiger partial charge on any atom is -0.491 e. The Morgan fingerprint density at radius 1 is 1.53 bits per heavy atom. The summed E-state index contributed by atoms with van der Waals surface area (Å²) < 4.78 is 7.37. The summed E-state index contributed by atoms with van der Waals surface area (Å²) in [5.74, 6) is 0.00398. The lowest BCUT2D eigenvalue weighted by Crippen LogP contribution is -2.09. The normalized spacial score (nSPS) is 10.4. The Morgan fingerprint density at radius 3 is 2.95 bits per heavy atom. The molecule has 0 radical (unpaired) electrons. The molecule has 0 aliphatic rings. The van der Waals surface area contributed by atoms with Crippen LogP contribution in [0.3, 0.4) is 0 Å². The number of halogens is 1. The van der Waals surface area contributed by atoms with Gasteiger partial charge in [0.05, 0.1) is 11.6 Å². The lowest BCUT2D eigenvalue weighted by atomic mass is 10.2. The summed E-state index contributed by atoms with van der Waals surface area (Å²) in [4.78, 5) is 15.2. The van der Waals surface area contributed by atoms with Crippen LogP contribution < -0.4 is 4.74 Å². The van der Waals surface area contributed by atoms with Crippen molar-refractivity contribution in [3.8, 4) is 5.75 Å². The molecule has 5 nitrogen and oxygen atoms in total. The zero-order valence-electron chi connectivity index (χ0n) is 10.3. The lowest BCUT2D eigenvalue weighted by Gasteiger charge is -2.10. The van der Waals surface area contributed by atoms with Gasteiger partial charge in [0.25, 0.3) is 0 Å². The number of para-hydroxylation sites is 1. The number of aryl methyl sites for hydroxylation is 1. The fourth-order valence-electron chi connectivity index (χ4n) is 1.71. The molecule has 1 aromatic heterocycles. The van der Waals surface area contributed by atoms with Crippen LogP contribution in [0.1, 0.15) is 16.2 Å². The molecule has 0 aliphatic carbocycles. The molecule has 2 aromatic rings. The zero-order chi connectivity index (χ0) is 13.8. The van der Waals surface area contributed by atoms with Gasteiger partial charge in [-0.25, -0.2) is 9.78 Å². The third kappa shape index (κ3) is 3.06. The maximum absolute atomic E-state index is 11.1. The fourth-order valence-corrected chi connectivity index (χ4v) is 1.93. The predicted molar refractivity (Wildman–Crippen MR) is 70.8 cm³/mol. The molecule has 0 amide bonds. The molecule has 0 unspecified atom stereocenters. The molecule has 0 saturated carbocycles. The number of imidazole rings is 1. The number of nitrogens with zero attached hydrogens (tertiary/aromatic N) is 2. The van der Waals surface area contributed by atoms with Gasteiger partial charge in [-0.3, -0.25) is 0 Å². The van der Waals surface area contributed by atoms with E-state index >= 15 is 0 Å². The molecule has 0 fully saturated rings. The van der Waals surface area contributed by atoms with Crippen molar-refractivity contribution in [1.29, 1.82) is 0 Å². The fraction of sp³-hybridized carbons (Fsp3) is 0.231. The molecule has 1 heterocycles. The van der Waals surface area contributed by atoms with E-state index in [2.05, 4.69) is 4.98 Å². The Labute approximate surface area is 115 Å². The van der Waals surface area contributed by atoms with Gasteiger partial charge in [-0.15, -0.1) is 0 Å². The molecule has 2 rings (SSSR count). The summed E-state index contributed by atoms with van der Waals surface area (Å²) in [5.41, 5.74) is 0.0624. The molecule has 19 heavy (non-hydrogen) atoms. The molecule has 0 aliphatic heterocycles. The average molecular weight is 281 g/mol. The van der Waals surface area contributed by atoms with Crippen molar-refractivity contribution in [3.05, 3.63) is 47.0 Å². The third-order valence-electron chi connectivity index (χ3n) is 2.69. The number of ether oxygens (including phenoxy) is 1. The largest absolute Gasteiger partial charge is 0.491 e. The minimum atomic E-state index is -1.06. The topological polar surface area (TPSA) is 64.4 Å². The second-order valence-electron chi connectivity index (χ2n) is 3.97. The predicted octanol–water partition coefficient (Wildman–Crippen LogP) is 2.39. The second kappa shape index (κ2) is 5.75. The molecule has 0 spiro atoms. The van der Waals surface area contributed by atoms with Crippen LogP contribution in [-0.4, -0.2) is 27.2 Å².